The van der Waals surface area contributed by atoms with E-state index in [1.807, 2.05) is 6.92 Å². The third-order valence-electron chi connectivity index (χ3n) is 2.80. The number of benzene rings is 1. The van der Waals surface area contributed by atoms with E-state index in [1.54, 1.807) is 12.1 Å². The van der Waals surface area contributed by atoms with Crippen LogP contribution in [-0.2, 0) is 0 Å². The second-order valence-corrected chi connectivity index (χ2v) is 4.10. The van der Waals surface area contributed by atoms with Crippen LogP contribution in [0, 0.1) is 11.7 Å². The number of aliphatic hydroxyl groups is 1. The van der Waals surface area contributed by atoms with Crippen LogP contribution in [0.5, 0.6) is 5.75 Å². The highest BCUT2D eigenvalue weighted by atomic mass is 19.1. The lowest BCUT2D eigenvalue weighted by molar-refractivity contribution is 0.112. The number of ether oxygens (including phenoxy) is 1. The fourth-order valence-electron chi connectivity index (χ4n) is 1.80. The summed E-state index contributed by atoms with van der Waals surface area (Å²) >= 11 is 0. The Morgan fingerprint density at radius 2 is 2.12 bits per heavy atom. The van der Waals surface area contributed by atoms with E-state index in [0.29, 0.717) is 5.56 Å². The summed E-state index contributed by atoms with van der Waals surface area (Å²) in [6, 6.07) is 4.50. The molecule has 0 aromatic heterocycles. The first-order valence-corrected chi connectivity index (χ1v) is 5.61. The van der Waals surface area contributed by atoms with E-state index >= 15 is 0 Å². The smallest absolute Gasteiger partial charge is 0.165 e. The summed E-state index contributed by atoms with van der Waals surface area (Å²) in [5, 5.41) is 10.1. The van der Waals surface area contributed by atoms with Crippen LogP contribution in [0.15, 0.2) is 18.2 Å². The molecule has 2 atom stereocenters. The summed E-state index contributed by atoms with van der Waals surface area (Å²) in [5.74, 6) is -0.0537. The van der Waals surface area contributed by atoms with Crippen molar-refractivity contribution in [1.82, 2.24) is 0 Å². The van der Waals surface area contributed by atoms with E-state index in [4.69, 9.17) is 4.74 Å². The standard InChI is InChI=1S/C13H19FO2/c1-4-5-9(2)13(15)10-6-7-11(14)12(8-10)16-3/h6-9,13,15H,4-5H2,1-3H3. The van der Waals surface area contributed by atoms with E-state index in [-0.39, 0.29) is 11.7 Å². The van der Waals surface area contributed by atoms with Gasteiger partial charge in [-0.3, -0.25) is 0 Å². The van der Waals surface area contributed by atoms with Gasteiger partial charge in [0.2, 0.25) is 0 Å². The van der Waals surface area contributed by atoms with Crippen molar-refractivity contribution in [3.05, 3.63) is 29.6 Å². The molecule has 1 N–H and O–H groups in total. The van der Waals surface area contributed by atoms with Crippen LogP contribution in [-0.4, -0.2) is 12.2 Å². The fourth-order valence-corrected chi connectivity index (χ4v) is 1.80. The van der Waals surface area contributed by atoms with Crippen LogP contribution >= 0.6 is 0 Å². The summed E-state index contributed by atoms with van der Waals surface area (Å²) in [5.41, 5.74) is 0.708. The van der Waals surface area contributed by atoms with Gasteiger partial charge >= 0.3 is 0 Å². The minimum Gasteiger partial charge on any atom is -0.494 e. The van der Waals surface area contributed by atoms with Crippen molar-refractivity contribution in [1.29, 1.82) is 0 Å². The number of hydrogen-bond donors (Lipinski definition) is 1. The van der Waals surface area contributed by atoms with Crippen molar-refractivity contribution in [2.24, 2.45) is 5.92 Å². The van der Waals surface area contributed by atoms with Gasteiger partial charge in [-0.25, -0.2) is 4.39 Å². The first-order valence-electron chi connectivity index (χ1n) is 5.61. The SMILES string of the molecule is CCCC(C)C(O)c1ccc(F)c(OC)c1. The number of aliphatic hydroxyl groups excluding tert-OH is 1. The average molecular weight is 226 g/mol. The van der Waals surface area contributed by atoms with Gasteiger partial charge in [0.15, 0.2) is 11.6 Å². The normalized spacial score (nSPS) is 14.6. The predicted octanol–water partition coefficient (Wildman–Crippen LogP) is 3.30. The van der Waals surface area contributed by atoms with Crippen LogP contribution in [0.3, 0.4) is 0 Å². The molecule has 0 saturated carbocycles. The van der Waals surface area contributed by atoms with Crippen molar-refractivity contribution < 1.29 is 14.2 Å². The Kier molecular flexibility index (Phi) is 4.74. The molecule has 2 nitrogen and oxygen atoms in total. The van der Waals surface area contributed by atoms with Crippen molar-refractivity contribution in [2.45, 2.75) is 32.8 Å². The largest absolute Gasteiger partial charge is 0.494 e. The highest BCUT2D eigenvalue weighted by Gasteiger charge is 2.17. The first kappa shape index (κ1) is 13.0. The van der Waals surface area contributed by atoms with Gasteiger partial charge in [-0.05, 0) is 30.0 Å². The minimum absolute atomic E-state index is 0.167. The monoisotopic (exact) mass is 226 g/mol. The van der Waals surface area contributed by atoms with Gasteiger partial charge < -0.3 is 9.84 Å². The summed E-state index contributed by atoms with van der Waals surface area (Å²) in [6.07, 6.45) is 1.41. The van der Waals surface area contributed by atoms with Crippen molar-refractivity contribution >= 4 is 0 Å². The molecular weight excluding hydrogens is 207 g/mol. The third-order valence-corrected chi connectivity index (χ3v) is 2.80. The predicted molar refractivity (Wildman–Crippen MR) is 62.0 cm³/mol. The van der Waals surface area contributed by atoms with E-state index in [0.717, 1.165) is 12.8 Å². The Bertz CT molecular complexity index is 339. The van der Waals surface area contributed by atoms with Gasteiger partial charge in [0.05, 0.1) is 13.2 Å². The molecule has 0 heterocycles. The highest BCUT2D eigenvalue weighted by Crippen LogP contribution is 2.28. The first-order chi connectivity index (χ1) is 7.60. The topological polar surface area (TPSA) is 29.5 Å². The van der Waals surface area contributed by atoms with Crippen LogP contribution in [0.4, 0.5) is 4.39 Å². The summed E-state index contributed by atoms with van der Waals surface area (Å²) < 4.78 is 18.1. The Labute approximate surface area is 96.1 Å². The molecule has 0 fully saturated rings. The molecule has 0 radical (unpaired) electrons. The molecule has 0 saturated heterocycles. The summed E-state index contributed by atoms with van der Waals surface area (Å²) in [7, 11) is 1.42. The highest BCUT2D eigenvalue weighted by molar-refractivity contribution is 5.31. The van der Waals surface area contributed by atoms with E-state index in [1.165, 1.54) is 13.2 Å². The molecule has 0 aliphatic heterocycles. The molecule has 1 aromatic rings. The van der Waals surface area contributed by atoms with Crippen LogP contribution in [0.25, 0.3) is 0 Å². The zero-order valence-electron chi connectivity index (χ0n) is 10.0. The van der Waals surface area contributed by atoms with Crippen LogP contribution in [0.2, 0.25) is 0 Å². The molecule has 1 aromatic carbocycles. The molecule has 90 valence electrons. The Morgan fingerprint density at radius 3 is 2.69 bits per heavy atom. The van der Waals surface area contributed by atoms with Crippen LogP contribution < -0.4 is 4.74 Å². The van der Waals surface area contributed by atoms with Gasteiger partial charge in [0.25, 0.3) is 0 Å². The number of rotatable bonds is 5. The molecule has 2 unspecified atom stereocenters. The maximum absolute atomic E-state index is 13.2. The molecule has 3 heteroatoms. The molecule has 0 aliphatic carbocycles. The lowest BCUT2D eigenvalue weighted by atomic mass is 9.93. The van der Waals surface area contributed by atoms with E-state index in [2.05, 4.69) is 6.92 Å². The lowest BCUT2D eigenvalue weighted by Crippen LogP contribution is -2.09. The summed E-state index contributed by atoms with van der Waals surface area (Å²) in [4.78, 5) is 0. The quantitative estimate of drug-likeness (QED) is 0.834. The molecule has 1 rings (SSSR count). The average Bonchev–Trinajstić information content (AvgIpc) is 2.29. The molecule has 0 spiro atoms. The van der Waals surface area contributed by atoms with Crippen LogP contribution in [0.1, 0.15) is 38.4 Å². The second-order valence-electron chi connectivity index (χ2n) is 4.10. The number of halogens is 1. The Morgan fingerprint density at radius 1 is 1.44 bits per heavy atom. The molecule has 0 bridgehead atoms. The van der Waals surface area contributed by atoms with Gasteiger partial charge in [-0.15, -0.1) is 0 Å². The Balaban J connectivity index is 2.87. The number of methoxy groups -OCH3 is 1. The molecule has 0 amide bonds. The van der Waals surface area contributed by atoms with Gasteiger partial charge in [-0.2, -0.15) is 0 Å². The van der Waals surface area contributed by atoms with Gasteiger partial charge in [0, 0.05) is 0 Å². The van der Waals surface area contributed by atoms with E-state index in [9.17, 15) is 9.50 Å². The van der Waals surface area contributed by atoms with Crippen molar-refractivity contribution in [3.63, 3.8) is 0 Å². The molecule has 16 heavy (non-hydrogen) atoms. The molecular formula is C13H19FO2. The minimum atomic E-state index is -0.561. The Hall–Kier alpha value is -1.09. The van der Waals surface area contributed by atoms with E-state index < -0.39 is 11.9 Å². The molecule has 0 aliphatic rings. The maximum Gasteiger partial charge on any atom is 0.165 e. The summed E-state index contributed by atoms with van der Waals surface area (Å²) in [6.45, 7) is 4.07. The zero-order valence-corrected chi connectivity index (χ0v) is 10.0. The van der Waals surface area contributed by atoms with Gasteiger partial charge in [-0.1, -0.05) is 26.3 Å². The third kappa shape index (κ3) is 2.95. The lowest BCUT2D eigenvalue weighted by Gasteiger charge is -2.19. The fraction of sp³-hybridized carbons (Fsp3) is 0.538. The van der Waals surface area contributed by atoms with Gasteiger partial charge in [0.1, 0.15) is 0 Å². The second kappa shape index (κ2) is 5.85. The van der Waals surface area contributed by atoms with Crippen molar-refractivity contribution in [3.8, 4) is 5.75 Å². The van der Waals surface area contributed by atoms with Crippen molar-refractivity contribution in [2.75, 3.05) is 7.11 Å². The number of hydrogen-bond acceptors (Lipinski definition) is 2. The zero-order chi connectivity index (χ0) is 12.1. The maximum atomic E-state index is 13.2.